The monoisotopic (exact) mass is 328 g/mol. The highest BCUT2D eigenvalue weighted by Gasteiger charge is 2.36. The van der Waals surface area contributed by atoms with Gasteiger partial charge in [0.25, 0.3) is 0 Å². The van der Waals surface area contributed by atoms with Crippen LogP contribution in [0.2, 0.25) is 0 Å². The van der Waals surface area contributed by atoms with Gasteiger partial charge in [-0.2, -0.15) is 0 Å². The predicted molar refractivity (Wildman–Crippen MR) is 91.3 cm³/mol. The number of hydrogen-bond donors (Lipinski definition) is 1. The number of methoxy groups -OCH3 is 1. The van der Waals surface area contributed by atoms with Crippen LogP contribution in [0.25, 0.3) is 0 Å². The molecule has 0 bridgehead atoms. The van der Waals surface area contributed by atoms with Crippen LogP contribution in [0, 0.1) is 0 Å². The normalized spacial score (nSPS) is 21.5. The number of likely N-dealkylation sites (tertiary alicyclic amines) is 1. The number of carbonyl (C=O) groups is 2. The molecule has 128 valence electrons. The number of benzene rings is 1. The molecule has 1 fully saturated rings. The molecular weight excluding hydrogens is 304 g/mol. The van der Waals surface area contributed by atoms with Gasteiger partial charge in [-0.25, -0.2) is 9.59 Å². The molecule has 1 atom stereocenters. The van der Waals surface area contributed by atoms with Crippen molar-refractivity contribution >= 4 is 17.7 Å². The van der Waals surface area contributed by atoms with Crippen LogP contribution in [0.15, 0.2) is 6.07 Å². The van der Waals surface area contributed by atoms with Gasteiger partial charge in [-0.3, -0.25) is 0 Å². The number of amides is 2. The Bertz CT molecular complexity index is 666. The van der Waals surface area contributed by atoms with Gasteiger partial charge in [-0.05, 0) is 73.6 Å². The maximum atomic E-state index is 12.9. The third kappa shape index (κ3) is 2.46. The van der Waals surface area contributed by atoms with Gasteiger partial charge in [0.15, 0.2) is 0 Å². The first-order valence-corrected chi connectivity index (χ1v) is 9.01. The zero-order chi connectivity index (χ0) is 16.7. The first kappa shape index (κ1) is 15.5. The zero-order valence-corrected chi connectivity index (χ0v) is 14.2. The van der Waals surface area contributed by atoms with E-state index in [0.29, 0.717) is 13.0 Å². The van der Waals surface area contributed by atoms with Gasteiger partial charge in [-0.1, -0.05) is 6.07 Å². The predicted octanol–water partition coefficient (Wildman–Crippen LogP) is 2.83. The number of hydrogen-bond acceptors (Lipinski definition) is 3. The fourth-order valence-corrected chi connectivity index (χ4v) is 4.54. The second-order valence-electron chi connectivity index (χ2n) is 7.04. The molecule has 2 amide bonds. The van der Waals surface area contributed by atoms with E-state index in [-0.39, 0.29) is 12.0 Å². The molecule has 1 heterocycles. The Kier molecular flexibility index (Phi) is 3.94. The number of urea groups is 1. The Morgan fingerprint density at radius 3 is 2.38 bits per heavy atom. The van der Waals surface area contributed by atoms with Crippen LogP contribution >= 0.6 is 0 Å². The molecule has 1 N–H and O–H groups in total. The maximum absolute atomic E-state index is 12.9. The number of ether oxygens (including phenoxy) is 1. The van der Waals surface area contributed by atoms with Gasteiger partial charge in [0.1, 0.15) is 6.04 Å². The Labute approximate surface area is 142 Å². The summed E-state index contributed by atoms with van der Waals surface area (Å²) in [5, 5.41) is 3.17. The lowest BCUT2D eigenvalue weighted by Gasteiger charge is -2.25. The van der Waals surface area contributed by atoms with Gasteiger partial charge in [0.05, 0.1) is 7.11 Å². The van der Waals surface area contributed by atoms with Gasteiger partial charge in [0, 0.05) is 12.2 Å². The summed E-state index contributed by atoms with van der Waals surface area (Å²) in [6.07, 6.45) is 8.16. The van der Waals surface area contributed by atoms with Crippen molar-refractivity contribution in [1.82, 2.24) is 4.90 Å². The number of rotatable bonds is 2. The minimum absolute atomic E-state index is 0.155. The Morgan fingerprint density at radius 2 is 1.75 bits per heavy atom. The molecule has 1 aromatic carbocycles. The number of esters is 1. The molecule has 0 saturated carbocycles. The summed E-state index contributed by atoms with van der Waals surface area (Å²) in [5.41, 5.74) is 6.47. The SMILES string of the molecule is COC(=O)[C@@H]1CCCN1C(=O)Nc1c2c(cc3c1CCC3)CCC2. The number of fused-ring (bicyclic) bond motifs is 2. The summed E-state index contributed by atoms with van der Waals surface area (Å²) in [5.74, 6) is -0.314. The molecular formula is C19H24N2O3. The van der Waals surface area contributed by atoms with Crippen molar-refractivity contribution < 1.29 is 14.3 Å². The van der Waals surface area contributed by atoms with Crippen LogP contribution in [0.1, 0.15) is 47.9 Å². The lowest BCUT2D eigenvalue weighted by molar-refractivity contribution is -0.144. The molecule has 1 aliphatic heterocycles. The zero-order valence-electron chi connectivity index (χ0n) is 14.2. The van der Waals surface area contributed by atoms with Crippen LogP contribution in [0.5, 0.6) is 0 Å². The van der Waals surface area contributed by atoms with Crippen molar-refractivity contribution in [3.8, 4) is 0 Å². The van der Waals surface area contributed by atoms with E-state index < -0.39 is 6.04 Å². The molecule has 1 aromatic rings. The standard InChI is InChI=1S/C19H24N2O3/c1-24-18(22)16-9-4-10-21(16)19(23)20-17-14-7-2-5-12(14)11-13-6-3-8-15(13)17/h11,16H,2-10H2,1H3,(H,20,23)/t16-/m0/s1. The van der Waals surface area contributed by atoms with Crippen molar-refractivity contribution in [1.29, 1.82) is 0 Å². The third-order valence-electron chi connectivity index (χ3n) is 5.69. The van der Waals surface area contributed by atoms with Crippen LogP contribution < -0.4 is 5.32 Å². The van der Waals surface area contributed by atoms with Crippen molar-refractivity contribution in [2.45, 2.75) is 57.4 Å². The molecule has 3 aliphatic rings. The Balaban J connectivity index is 1.62. The molecule has 0 unspecified atom stereocenters. The van der Waals surface area contributed by atoms with Gasteiger partial charge in [-0.15, -0.1) is 0 Å². The van der Waals surface area contributed by atoms with E-state index in [2.05, 4.69) is 11.4 Å². The molecule has 0 spiro atoms. The van der Waals surface area contributed by atoms with Crippen LogP contribution in [0.4, 0.5) is 10.5 Å². The molecule has 4 rings (SSSR count). The second-order valence-corrected chi connectivity index (χ2v) is 7.04. The van der Waals surface area contributed by atoms with Crippen molar-refractivity contribution in [2.24, 2.45) is 0 Å². The number of anilines is 1. The van der Waals surface area contributed by atoms with Crippen LogP contribution in [-0.2, 0) is 35.2 Å². The van der Waals surface area contributed by atoms with Gasteiger partial charge < -0.3 is 15.0 Å². The molecule has 0 aromatic heterocycles. The third-order valence-corrected chi connectivity index (χ3v) is 5.69. The van der Waals surface area contributed by atoms with E-state index in [1.165, 1.54) is 29.4 Å². The number of carbonyl (C=O) groups excluding carboxylic acids is 2. The number of aryl methyl sites for hydroxylation is 2. The van der Waals surface area contributed by atoms with Gasteiger partial charge >= 0.3 is 12.0 Å². The topological polar surface area (TPSA) is 58.6 Å². The number of nitrogens with one attached hydrogen (secondary N) is 1. The summed E-state index contributed by atoms with van der Waals surface area (Å²) < 4.78 is 4.85. The highest BCUT2D eigenvalue weighted by atomic mass is 16.5. The summed E-state index contributed by atoms with van der Waals surface area (Å²) in [6, 6.07) is 1.75. The largest absolute Gasteiger partial charge is 0.467 e. The van der Waals surface area contributed by atoms with Gasteiger partial charge in [0.2, 0.25) is 0 Å². The van der Waals surface area contributed by atoms with E-state index in [0.717, 1.165) is 50.6 Å². The molecule has 5 nitrogen and oxygen atoms in total. The van der Waals surface area contributed by atoms with E-state index in [4.69, 9.17) is 4.74 Å². The van der Waals surface area contributed by atoms with E-state index in [1.54, 1.807) is 4.90 Å². The fraction of sp³-hybridized carbons (Fsp3) is 0.579. The fourth-order valence-electron chi connectivity index (χ4n) is 4.54. The number of nitrogens with zero attached hydrogens (tertiary/aromatic N) is 1. The molecule has 1 saturated heterocycles. The molecule has 0 radical (unpaired) electrons. The van der Waals surface area contributed by atoms with E-state index in [9.17, 15) is 9.59 Å². The highest BCUT2D eigenvalue weighted by molar-refractivity contribution is 5.95. The van der Waals surface area contributed by atoms with Crippen molar-refractivity contribution in [3.05, 3.63) is 28.3 Å². The average molecular weight is 328 g/mol. The smallest absolute Gasteiger partial charge is 0.328 e. The first-order valence-electron chi connectivity index (χ1n) is 9.01. The summed E-state index contributed by atoms with van der Waals surface area (Å²) in [7, 11) is 1.38. The highest BCUT2D eigenvalue weighted by Crippen LogP contribution is 2.39. The molecule has 2 aliphatic carbocycles. The van der Waals surface area contributed by atoms with E-state index in [1.807, 2.05) is 0 Å². The average Bonchev–Trinajstić information content (AvgIpc) is 3.32. The van der Waals surface area contributed by atoms with Crippen LogP contribution in [0.3, 0.4) is 0 Å². The Hall–Kier alpha value is -2.04. The lowest BCUT2D eigenvalue weighted by atomic mass is 9.99. The summed E-state index contributed by atoms with van der Waals surface area (Å²) in [6.45, 7) is 0.614. The minimum atomic E-state index is -0.445. The molecule has 24 heavy (non-hydrogen) atoms. The van der Waals surface area contributed by atoms with Crippen molar-refractivity contribution in [3.63, 3.8) is 0 Å². The lowest BCUT2D eigenvalue weighted by Crippen LogP contribution is -2.43. The summed E-state index contributed by atoms with van der Waals surface area (Å²) >= 11 is 0. The summed E-state index contributed by atoms with van der Waals surface area (Å²) in [4.78, 5) is 26.4. The van der Waals surface area contributed by atoms with Crippen LogP contribution in [-0.4, -0.2) is 36.6 Å². The molecule has 5 heteroatoms. The second kappa shape index (κ2) is 6.11. The minimum Gasteiger partial charge on any atom is -0.467 e. The van der Waals surface area contributed by atoms with Crippen molar-refractivity contribution in [2.75, 3.05) is 19.0 Å². The quantitative estimate of drug-likeness (QED) is 0.849. The Morgan fingerprint density at radius 1 is 1.08 bits per heavy atom. The maximum Gasteiger partial charge on any atom is 0.328 e. The van der Waals surface area contributed by atoms with E-state index >= 15 is 0 Å². The first-order chi connectivity index (χ1) is 11.7.